The number of nitrogens with zero attached hydrogens (tertiary/aromatic N) is 1. The van der Waals surface area contributed by atoms with Crippen LogP contribution in [0.15, 0.2) is 65.4 Å². The molecule has 0 aliphatic heterocycles. The summed E-state index contributed by atoms with van der Waals surface area (Å²) in [4.78, 5) is 5.47. The van der Waals surface area contributed by atoms with E-state index in [1.54, 1.807) is 31.4 Å². The van der Waals surface area contributed by atoms with Crippen LogP contribution in [0.2, 0.25) is 0 Å². The molecule has 0 fully saturated rings. The first-order chi connectivity index (χ1) is 16.2. The number of sulfonamides is 1. The lowest BCUT2D eigenvalue weighted by Gasteiger charge is -2.23. The van der Waals surface area contributed by atoms with E-state index in [-0.39, 0.29) is 12.5 Å². The number of hydrogen-bond acceptors (Lipinski definition) is 5. The van der Waals surface area contributed by atoms with E-state index < -0.39 is 21.3 Å². The number of pyridine rings is 1. The van der Waals surface area contributed by atoms with Crippen molar-refractivity contribution >= 4 is 43.0 Å². The molecule has 2 heterocycles. The Labute approximate surface area is 210 Å². The Bertz CT molecular complexity index is 1360. The lowest BCUT2D eigenvalue weighted by atomic mass is 9.98. The number of aliphatic hydroxyl groups is 1. The maximum Gasteiger partial charge on any atom is 0.214 e. The lowest BCUT2D eigenvalue weighted by Crippen LogP contribution is -2.34. The fourth-order valence-corrected chi connectivity index (χ4v) is 6.38. The summed E-state index contributed by atoms with van der Waals surface area (Å²) in [6.07, 6.45) is 7.28. The molecule has 2 aromatic heterocycles. The first kappa shape index (κ1) is 25.1. The van der Waals surface area contributed by atoms with Gasteiger partial charge >= 0.3 is 0 Å². The normalized spacial score (nSPS) is 16.4. The first-order valence-electron chi connectivity index (χ1n) is 11.4. The molecule has 1 aromatic carbocycles. The quantitative estimate of drug-likeness (QED) is 0.369. The molecular formula is C26H29ClN2O3S2. The van der Waals surface area contributed by atoms with Crippen LogP contribution in [0, 0.1) is 0 Å². The topological polar surface area (TPSA) is 79.3 Å². The van der Waals surface area contributed by atoms with Crippen LogP contribution in [0.3, 0.4) is 0 Å². The molecule has 34 heavy (non-hydrogen) atoms. The zero-order valence-corrected chi connectivity index (χ0v) is 21.8. The Kier molecular flexibility index (Phi) is 7.60. The fraction of sp³-hybridized carbons (Fsp3) is 0.346. The summed E-state index contributed by atoms with van der Waals surface area (Å²) < 4.78 is 29.7. The molecule has 2 N–H and O–H groups in total. The minimum absolute atomic E-state index is 0.0156. The molecule has 180 valence electrons. The van der Waals surface area contributed by atoms with Gasteiger partial charge in [-0.05, 0) is 61.4 Å². The van der Waals surface area contributed by atoms with Crippen molar-refractivity contribution in [1.29, 1.82) is 0 Å². The third kappa shape index (κ3) is 5.14. The third-order valence-corrected chi connectivity index (χ3v) is 9.57. The molecule has 0 bridgehead atoms. The smallest absolute Gasteiger partial charge is 0.214 e. The van der Waals surface area contributed by atoms with Crippen LogP contribution in [0.25, 0.3) is 21.3 Å². The van der Waals surface area contributed by atoms with Crippen molar-refractivity contribution < 1.29 is 13.5 Å². The largest absolute Gasteiger partial charge is 0.396 e. The minimum Gasteiger partial charge on any atom is -0.396 e. The number of allylic oxidation sites excluding steroid dienone is 2. The number of aliphatic hydroxyl groups excluding tert-OH is 1. The van der Waals surface area contributed by atoms with E-state index in [0.717, 1.165) is 43.8 Å². The van der Waals surface area contributed by atoms with Gasteiger partial charge in [0.25, 0.3) is 0 Å². The lowest BCUT2D eigenvalue weighted by molar-refractivity contribution is 0.273. The molecular weight excluding hydrogens is 488 g/mol. The summed E-state index contributed by atoms with van der Waals surface area (Å²) in [6, 6.07) is 11.4. The summed E-state index contributed by atoms with van der Waals surface area (Å²) in [5, 5.41) is 10.7. The highest BCUT2D eigenvalue weighted by Crippen LogP contribution is 2.41. The summed E-state index contributed by atoms with van der Waals surface area (Å²) in [6.45, 7) is 5.38. The molecule has 0 spiro atoms. The van der Waals surface area contributed by atoms with Crippen LogP contribution in [0.1, 0.15) is 56.0 Å². The average Bonchev–Trinajstić information content (AvgIpc) is 3.27. The Balaban J connectivity index is 1.84. The van der Waals surface area contributed by atoms with Gasteiger partial charge in [0.1, 0.15) is 0 Å². The zero-order valence-electron chi connectivity index (χ0n) is 19.5. The van der Waals surface area contributed by atoms with E-state index in [1.165, 1.54) is 0 Å². The van der Waals surface area contributed by atoms with Gasteiger partial charge in [0.05, 0.1) is 17.0 Å². The Morgan fingerprint density at radius 1 is 1.21 bits per heavy atom. The zero-order chi connectivity index (χ0) is 24.5. The summed E-state index contributed by atoms with van der Waals surface area (Å²) in [5.41, 5.74) is 3.62. The molecule has 2 unspecified atom stereocenters. The number of fused-ring (bicyclic) bond motifs is 1. The molecule has 5 nitrogen and oxygen atoms in total. The molecule has 4 rings (SSSR count). The second kappa shape index (κ2) is 10.3. The predicted molar refractivity (Wildman–Crippen MR) is 142 cm³/mol. The Morgan fingerprint density at radius 3 is 2.71 bits per heavy atom. The van der Waals surface area contributed by atoms with Gasteiger partial charge in [0, 0.05) is 38.9 Å². The van der Waals surface area contributed by atoms with Gasteiger partial charge in [-0.1, -0.05) is 48.9 Å². The SMILES string of the molecule is CC(CO)c1ccnc(-c2cccc3cc(C(NS(=O)(=O)C(C)C)C4=C(Cl)CCC=C4)sc23)c1. The van der Waals surface area contributed by atoms with Gasteiger partial charge in [-0.25, -0.2) is 13.1 Å². The number of aromatic nitrogens is 1. The van der Waals surface area contributed by atoms with E-state index in [2.05, 4.69) is 9.71 Å². The van der Waals surface area contributed by atoms with Crippen molar-refractivity contribution in [2.24, 2.45) is 0 Å². The fourth-order valence-electron chi connectivity index (χ4n) is 3.92. The Hall–Kier alpha value is -2.03. The third-order valence-electron chi connectivity index (χ3n) is 6.11. The van der Waals surface area contributed by atoms with Crippen molar-refractivity contribution in [3.05, 3.63) is 75.8 Å². The van der Waals surface area contributed by atoms with Crippen molar-refractivity contribution in [2.75, 3.05) is 6.61 Å². The van der Waals surface area contributed by atoms with Crippen LogP contribution in [0.5, 0.6) is 0 Å². The highest BCUT2D eigenvalue weighted by atomic mass is 35.5. The highest BCUT2D eigenvalue weighted by Gasteiger charge is 2.28. The highest BCUT2D eigenvalue weighted by molar-refractivity contribution is 7.90. The van der Waals surface area contributed by atoms with E-state index in [4.69, 9.17) is 11.6 Å². The second-order valence-electron chi connectivity index (χ2n) is 8.88. The molecule has 8 heteroatoms. The molecule has 0 saturated heterocycles. The van der Waals surface area contributed by atoms with E-state index >= 15 is 0 Å². The van der Waals surface area contributed by atoms with Crippen molar-refractivity contribution in [2.45, 2.75) is 50.8 Å². The maximum atomic E-state index is 12.9. The van der Waals surface area contributed by atoms with Crippen LogP contribution in [0.4, 0.5) is 0 Å². The van der Waals surface area contributed by atoms with Crippen molar-refractivity contribution in [1.82, 2.24) is 9.71 Å². The molecule has 0 radical (unpaired) electrons. The van der Waals surface area contributed by atoms with Gasteiger partial charge in [0.15, 0.2) is 0 Å². The number of hydrogen-bond donors (Lipinski definition) is 2. The number of rotatable bonds is 8. The molecule has 0 saturated carbocycles. The number of benzene rings is 1. The minimum atomic E-state index is -3.54. The molecule has 1 aliphatic rings. The number of nitrogens with one attached hydrogen (secondary N) is 1. The van der Waals surface area contributed by atoms with Gasteiger partial charge in [0.2, 0.25) is 10.0 Å². The van der Waals surface area contributed by atoms with Crippen molar-refractivity contribution in [3.63, 3.8) is 0 Å². The van der Waals surface area contributed by atoms with E-state index in [0.29, 0.717) is 11.5 Å². The van der Waals surface area contributed by atoms with Gasteiger partial charge in [-0.3, -0.25) is 4.98 Å². The summed E-state index contributed by atoms with van der Waals surface area (Å²) >= 11 is 8.14. The average molecular weight is 517 g/mol. The monoisotopic (exact) mass is 516 g/mol. The summed E-state index contributed by atoms with van der Waals surface area (Å²) in [7, 11) is -3.54. The molecule has 0 amide bonds. The van der Waals surface area contributed by atoms with Gasteiger partial charge in [-0.15, -0.1) is 11.3 Å². The van der Waals surface area contributed by atoms with Crippen LogP contribution >= 0.6 is 22.9 Å². The number of thiophene rings is 1. The van der Waals surface area contributed by atoms with Crippen LogP contribution < -0.4 is 4.72 Å². The van der Waals surface area contributed by atoms with Crippen LogP contribution in [-0.4, -0.2) is 30.4 Å². The molecule has 2 atom stereocenters. The maximum absolute atomic E-state index is 12.9. The number of halogens is 1. The van der Waals surface area contributed by atoms with E-state index in [9.17, 15) is 13.5 Å². The van der Waals surface area contributed by atoms with Crippen LogP contribution in [-0.2, 0) is 10.0 Å². The Morgan fingerprint density at radius 2 is 2.00 bits per heavy atom. The first-order valence-corrected chi connectivity index (χ1v) is 14.1. The second-order valence-corrected chi connectivity index (χ2v) is 12.7. The van der Waals surface area contributed by atoms with E-state index in [1.807, 2.05) is 55.5 Å². The molecule has 1 aliphatic carbocycles. The van der Waals surface area contributed by atoms with Crippen molar-refractivity contribution in [3.8, 4) is 11.3 Å². The predicted octanol–water partition coefficient (Wildman–Crippen LogP) is 6.27. The summed E-state index contributed by atoms with van der Waals surface area (Å²) in [5.74, 6) is 0.0156. The van der Waals surface area contributed by atoms with Gasteiger partial charge in [-0.2, -0.15) is 0 Å². The van der Waals surface area contributed by atoms with Gasteiger partial charge < -0.3 is 5.11 Å². The standard InChI is InChI=1S/C26H29ClN2O3S2/c1-16(2)34(31,32)29-25(20-8-4-5-10-22(20)27)24-14-19-7-6-9-21(26(19)33-24)23-13-18(11-12-28-23)17(3)15-30/h4,6-9,11-14,16-17,25,29-30H,5,10,15H2,1-3H3. The molecule has 3 aromatic rings.